The Morgan fingerprint density at radius 1 is 1.05 bits per heavy atom. The van der Waals surface area contributed by atoms with Crippen LogP contribution in [0.25, 0.3) is 0 Å². The van der Waals surface area contributed by atoms with Crippen LogP contribution in [-0.2, 0) is 6.42 Å². The van der Waals surface area contributed by atoms with E-state index in [0.717, 1.165) is 24.6 Å². The van der Waals surface area contributed by atoms with Gasteiger partial charge in [0, 0.05) is 6.04 Å². The van der Waals surface area contributed by atoms with E-state index in [2.05, 4.69) is 50.4 Å². The average molecular weight is 263 g/mol. The lowest BCUT2D eigenvalue weighted by molar-refractivity contribution is 0.322. The number of hydrogen-bond donors (Lipinski definition) is 1. The van der Waals surface area contributed by atoms with E-state index in [-0.39, 0.29) is 0 Å². The highest BCUT2D eigenvalue weighted by Crippen LogP contribution is 2.19. The summed E-state index contributed by atoms with van der Waals surface area (Å²) in [6.07, 6.45) is 4.87. The van der Waals surface area contributed by atoms with Crippen LogP contribution < -0.4 is 10.1 Å². The molecule has 0 bridgehead atoms. The van der Waals surface area contributed by atoms with Gasteiger partial charge in [-0.15, -0.1) is 0 Å². The van der Waals surface area contributed by atoms with Gasteiger partial charge in [0.25, 0.3) is 0 Å². The summed E-state index contributed by atoms with van der Waals surface area (Å²) in [5, 5.41) is 3.65. The third kappa shape index (κ3) is 5.23. The molecule has 2 nitrogen and oxygen atoms in total. The summed E-state index contributed by atoms with van der Waals surface area (Å²) in [5.74, 6) is 1.73. The van der Waals surface area contributed by atoms with Gasteiger partial charge in [-0.25, -0.2) is 0 Å². The van der Waals surface area contributed by atoms with Crippen LogP contribution in [0.5, 0.6) is 5.75 Å². The van der Waals surface area contributed by atoms with Crippen molar-refractivity contribution < 1.29 is 4.74 Å². The number of rotatable bonds is 9. The van der Waals surface area contributed by atoms with Crippen molar-refractivity contribution in [2.45, 2.75) is 52.5 Å². The number of nitrogens with one attached hydrogen (secondary N) is 1. The highest BCUT2D eigenvalue weighted by Gasteiger charge is 2.16. The minimum atomic E-state index is 0.641. The van der Waals surface area contributed by atoms with Crippen LogP contribution in [0.15, 0.2) is 24.3 Å². The van der Waals surface area contributed by atoms with Crippen LogP contribution in [0, 0.1) is 5.92 Å². The molecule has 0 aliphatic rings. The normalized spacial score (nSPS) is 12.7. The molecule has 108 valence electrons. The molecular formula is C17H29NO. The van der Waals surface area contributed by atoms with Gasteiger partial charge in [0.1, 0.15) is 5.75 Å². The summed E-state index contributed by atoms with van der Waals surface area (Å²) in [6.45, 7) is 7.85. The fourth-order valence-electron chi connectivity index (χ4n) is 2.74. The molecule has 0 aliphatic carbocycles. The molecule has 2 heteroatoms. The fraction of sp³-hybridized carbons (Fsp3) is 0.647. The zero-order valence-electron chi connectivity index (χ0n) is 12.9. The van der Waals surface area contributed by atoms with E-state index >= 15 is 0 Å². The van der Waals surface area contributed by atoms with Gasteiger partial charge in [-0.2, -0.15) is 0 Å². The maximum absolute atomic E-state index is 5.19. The van der Waals surface area contributed by atoms with Crippen LogP contribution in [0.1, 0.15) is 45.6 Å². The molecule has 0 fully saturated rings. The lowest BCUT2D eigenvalue weighted by Gasteiger charge is -2.26. The number of aryl methyl sites for hydroxylation is 1. The molecule has 1 N–H and O–H groups in total. The number of hydrogen-bond acceptors (Lipinski definition) is 2. The van der Waals surface area contributed by atoms with Crippen molar-refractivity contribution in [2.24, 2.45) is 5.92 Å². The molecule has 1 atom stereocenters. The molecule has 0 saturated carbocycles. The van der Waals surface area contributed by atoms with Crippen molar-refractivity contribution in [3.05, 3.63) is 29.8 Å². The second kappa shape index (κ2) is 8.98. The molecule has 0 heterocycles. The van der Waals surface area contributed by atoms with Gasteiger partial charge in [-0.1, -0.05) is 45.7 Å². The Kier molecular flexibility index (Phi) is 7.57. The first-order chi connectivity index (χ1) is 9.24. The Morgan fingerprint density at radius 3 is 2.16 bits per heavy atom. The maximum atomic E-state index is 5.19. The third-order valence-electron chi connectivity index (χ3n) is 3.99. The predicted molar refractivity (Wildman–Crippen MR) is 82.9 cm³/mol. The lowest BCUT2D eigenvalue weighted by Crippen LogP contribution is -2.36. The van der Waals surface area contributed by atoms with E-state index in [1.165, 1.54) is 24.8 Å². The Hall–Kier alpha value is -1.02. The van der Waals surface area contributed by atoms with Crippen molar-refractivity contribution >= 4 is 0 Å². The predicted octanol–water partition coefficient (Wildman–Crippen LogP) is 4.04. The molecule has 0 radical (unpaired) electrons. The maximum Gasteiger partial charge on any atom is 0.118 e. The van der Waals surface area contributed by atoms with Crippen molar-refractivity contribution in [3.8, 4) is 5.75 Å². The van der Waals surface area contributed by atoms with Crippen LogP contribution >= 0.6 is 0 Å². The second-order valence-electron chi connectivity index (χ2n) is 5.13. The van der Waals surface area contributed by atoms with E-state index in [0.29, 0.717) is 6.04 Å². The van der Waals surface area contributed by atoms with Crippen molar-refractivity contribution in [3.63, 3.8) is 0 Å². The molecule has 1 unspecified atom stereocenters. The van der Waals surface area contributed by atoms with Crippen LogP contribution in [0.3, 0.4) is 0 Å². The molecule has 1 rings (SSSR count). The van der Waals surface area contributed by atoms with Crippen molar-refractivity contribution in [1.29, 1.82) is 0 Å². The molecule has 0 amide bonds. The first-order valence-corrected chi connectivity index (χ1v) is 7.61. The Morgan fingerprint density at radius 2 is 1.68 bits per heavy atom. The van der Waals surface area contributed by atoms with Gasteiger partial charge >= 0.3 is 0 Å². The largest absolute Gasteiger partial charge is 0.497 e. The van der Waals surface area contributed by atoms with Gasteiger partial charge < -0.3 is 10.1 Å². The van der Waals surface area contributed by atoms with Gasteiger partial charge in [-0.3, -0.25) is 0 Å². The Bertz CT molecular complexity index is 330. The SMILES string of the molecule is CCNC(CCc1ccc(OC)cc1)C(CC)CC. The van der Waals surface area contributed by atoms with Crippen LogP contribution in [-0.4, -0.2) is 19.7 Å². The Labute approximate surface area is 118 Å². The van der Waals surface area contributed by atoms with Crippen LogP contribution in [0.2, 0.25) is 0 Å². The molecular weight excluding hydrogens is 234 g/mol. The highest BCUT2D eigenvalue weighted by molar-refractivity contribution is 5.27. The number of methoxy groups -OCH3 is 1. The Balaban J connectivity index is 2.54. The summed E-state index contributed by atoms with van der Waals surface area (Å²) >= 11 is 0. The zero-order valence-corrected chi connectivity index (χ0v) is 12.9. The minimum Gasteiger partial charge on any atom is -0.497 e. The molecule has 0 aliphatic heterocycles. The van der Waals surface area contributed by atoms with E-state index < -0.39 is 0 Å². The summed E-state index contributed by atoms with van der Waals surface area (Å²) in [5.41, 5.74) is 1.40. The zero-order chi connectivity index (χ0) is 14.1. The topological polar surface area (TPSA) is 21.3 Å². The summed E-state index contributed by atoms with van der Waals surface area (Å²) in [6, 6.07) is 9.09. The molecule has 19 heavy (non-hydrogen) atoms. The smallest absolute Gasteiger partial charge is 0.118 e. The van der Waals surface area contributed by atoms with Crippen molar-refractivity contribution in [2.75, 3.05) is 13.7 Å². The van der Waals surface area contributed by atoms with Gasteiger partial charge in [0.15, 0.2) is 0 Å². The first kappa shape index (κ1) is 16.0. The lowest BCUT2D eigenvalue weighted by atomic mass is 9.89. The van der Waals surface area contributed by atoms with Crippen LogP contribution in [0.4, 0.5) is 0 Å². The first-order valence-electron chi connectivity index (χ1n) is 7.61. The summed E-state index contributed by atoms with van der Waals surface area (Å²) in [7, 11) is 1.71. The van der Waals surface area contributed by atoms with E-state index in [1.807, 2.05) is 0 Å². The molecule has 0 saturated heterocycles. The van der Waals surface area contributed by atoms with Crippen molar-refractivity contribution in [1.82, 2.24) is 5.32 Å². The number of ether oxygens (including phenoxy) is 1. The monoisotopic (exact) mass is 263 g/mol. The fourth-order valence-corrected chi connectivity index (χ4v) is 2.74. The standard InChI is InChI=1S/C17H29NO/c1-5-15(6-2)17(18-7-3)13-10-14-8-11-16(19-4)12-9-14/h8-9,11-12,15,17-18H,5-7,10,13H2,1-4H3. The van der Waals surface area contributed by atoms with Gasteiger partial charge in [0.05, 0.1) is 7.11 Å². The minimum absolute atomic E-state index is 0.641. The summed E-state index contributed by atoms with van der Waals surface area (Å²) < 4.78 is 5.19. The van der Waals surface area contributed by atoms with E-state index in [4.69, 9.17) is 4.74 Å². The highest BCUT2D eigenvalue weighted by atomic mass is 16.5. The molecule has 0 spiro atoms. The molecule has 0 aromatic heterocycles. The van der Waals surface area contributed by atoms with Gasteiger partial charge in [0.2, 0.25) is 0 Å². The molecule has 1 aromatic carbocycles. The summed E-state index contributed by atoms with van der Waals surface area (Å²) in [4.78, 5) is 0. The molecule has 1 aromatic rings. The number of benzene rings is 1. The average Bonchev–Trinajstić information content (AvgIpc) is 2.46. The quantitative estimate of drug-likeness (QED) is 0.726. The van der Waals surface area contributed by atoms with E-state index in [9.17, 15) is 0 Å². The third-order valence-corrected chi connectivity index (χ3v) is 3.99. The van der Waals surface area contributed by atoms with E-state index in [1.54, 1.807) is 7.11 Å². The van der Waals surface area contributed by atoms with Gasteiger partial charge in [-0.05, 0) is 43.0 Å². The second-order valence-corrected chi connectivity index (χ2v) is 5.13.